The maximum absolute atomic E-state index is 11.8. The summed E-state index contributed by atoms with van der Waals surface area (Å²) in [6.07, 6.45) is 0.625. The minimum atomic E-state index is -1.26. The van der Waals surface area contributed by atoms with Gasteiger partial charge in [0.25, 0.3) is 11.8 Å². The van der Waals surface area contributed by atoms with Gasteiger partial charge in [-0.3, -0.25) is 20.4 Å². The van der Waals surface area contributed by atoms with Crippen molar-refractivity contribution in [1.82, 2.24) is 10.9 Å². The number of hydrazine groups is 1. The van der Waals surface area contributed by atoms with Crippen molar-refractivity contribution in [3.63, 3.8) is 0 Å². The highest BCUT2D eigenvalue weighted by molar-refractivity contribution is 5.95. The van der Waals surface area contributed by atoms with Crippen LogP contribution in [0.3, 0.4) is 0 Å². The van der Waals surface area contributed by atoms with Crippen molar-refractivity contribution in [2.75, 3.05) is 0 Å². The molecule has 3 N–H and O–H groups in total. The zero-order valence-electron chi connectivity index (χ0n) is 12.5. The molecule has 0 spiro atoms. The highest BCUT2D eigenvalue weighted by Crippen LogP contribution is 2.17. The molecule has 118 valence electrons. The smallest absolute Gasteiger partial charge is 0.328 e. The molecule has 0 saturated carbocycles. The van der Waals surface area contributed by atoms with Gasteiger partial charge < -0.3 is 9.84 Å². The number of hydrogen-bond acceptors (Lipinski definition) is 4. The number of carboxylic acid groups (broad SMARTS) is 1. The predicted molar refractivity (Wildman–Crippen MR) is 79.1 cm³/mol. The molecule has 1 atom stereocenters. The Morgan fingerprint density at radius 1 is 1.09 bits per heavy atom. The van der Waals surface area contributed by atoms with Crippen molar-refractivity contribution >= 4 is 17.8 Å². The van der Waals surface area contributed by atoms with Crippen LogP contribution in [-0.4, -0.2) is 29.0 Å². The summed E-state index contributed by atoms with van der Waals surface area (Å²) in [5.41, 5.74) is 6.22. The number of hydrogen-bond donors (Lipinski definition) is 3. The third-order valence-corrected chi connectivity index (χ3v) is 2.56. The van der Waals surface area contributed by atoms with E-state index in [0.29, 0.717) is 11.8 Å². The minimum absolute atomic E-state index is 0.553. The van der Waals surface area contributed by atoms with Gasteiger partial charge in [-0.25, -0.2) is 4.79 Å². The lowest BCUT2D eigenvalue weighted by atomic mass is 10.1. The second-order valence-electron chi connectivity index (χ2n) is 4.73. The van der Waals surface area contributed by atoms with Crippen LogP contribution in [0.5, 0.6) is 5.75 Å². The molecule has 2 amide bonds. The quantitative estimate of drug-likeness (QED) is 0.553. The van der Waals surface area contributed by atoms with Crippen molar-refractivity contribution in [3.8, 4) is 5.75 Å². The number of benzene rings is 1. The van der Waals surface area contributed by atoms with Gasteiger partial charge in [0.05, 0.1) is 0 Å². The first-order chi connectivity index (χ1) is 10.3. The van der Waals surface area contributed by atoms with Gasteiger partial charge in [0.15, 0.2) is 6.10 Å². The molecule has 7 heteroatoms. The fourth-order valence-corrected chi connectivity index (χ4v) is 1.67. The van der Waals surface area contributed by atoms with E-state index in [0.717, 1.165) is 17.2 Å². The Morgan fingerprint density at radius 3 is 2.23 bits per heavy atom. The highest BCUT2D eigenvalue weighted by Gasteiger charge is 2.15. The molecule has 1 aromatic rings. The molecule has 7 nitrogen and oxygen atoms in total. The maximum atomic E-state index is 11.8. The van der Waals surface area contributed by atoms with Crippen LogP contribution in [-0.2, 0) is 14.4 Å². The summed E-state index contributed by atoms with van der Waals surface area (Å²) in [4.78, 5) is 33.2. The lowest BCUT2D eigenvalue weighted by molar-refractivity contribution is -0.132. The molecule has 0 aromatic heterocycles. The number of aryl methyl sites for hydroxylation is 2. The summed E-state index contributed by atoms with van der Waals surface area (Å²) in [5, 5.41) is 8.36. The van der Waals surface area contributed by atoms with Crippen molar-refractivity contribution in [2.24, 2.45) is 0 Å². The Kier molecular flexibility index (Phi) is 6.12. The van der Waals surface area contributed by atoms with Crippen LogP contribution < -0.4 is 15.6 Å². The molecule has 0 heterocycles. The van der Waals surface area contributed by atoms with Crippen LogP contribution in [0.2, 0.25) is 0 Å². The Balaban J connectivity index is 2.51. The van der Waals surface area contributed by atoms with Crippen LogP contribution in [0.25, 0.3) is 0 Å². The molecule has 1 rings (SSSR count). The standard InChI is InChI=1S/C15H18N2O5/c1-9-6-10(2)8-12(7-9)22-11(3)15(21)17-16-13(18)4-5-14(19)20/h4-8,11H,1-3H3,(H,16,18)(H,17,21)(H,19,20)/b5-4+. The van der Waals surface area contributed by atoms with E-state index in [1.54, 1.807) is 12.1 Å². The van der Waals surface area contributed by atoms with E-state index in [2.05, 4.69) is 10.9 Å². The molecule has 0 radical (unpaired) electrons. The summed E-state index contributed by atoms with van der Waals surface area (Å²) >= 11 is 0. The summed E-state index contributed by atoms with van der Waals surface area (Å²) in [7, 11) is 0. The van der Waals surface area contributed by atoms with E-state index >= 15 is 0 Å². The van der Waals surface area contributed by atoms with Crippen molar-refractivity contribution in [3.05, 3.63) is 41.5 Å². The number of amides is 2. The molecular weight excluding hydrogens is 288 g/mol. The molecule has 0 bridgehead atoms. The van der Waals surface area contributed by atoms with Gasteiger partial charge in [0.1, 0.15) is 5.75 Å². The second-order valence-corrected chi connectivity index (χ2v) is 4.73. The summed E-state index contributed by atoms with van der Waals surface area (Å²) in [6, 6.07) is 5.57. The van der Waals surface area contributed by atoms with Gasteiger partial charge in [-0.2, -0.15) is 0 Å². The SMILES string of the molecule is Cc1cc(C)cc(OC(C)C(=O)NNC(=O)/C=C/C(=O)O)c1. The molecule has 1 aromatic carbocycles. The zero-order valence-corrected chi connectivity index (χ0v) is 12.5. The zero-order chi connectivity index (χ0) is 16.7. The fourth-order valence-electron chi connectivity index (χ4n) is 1.67. The number of carboxylic acids is 1. The summed E-state index contributed by atoms with van der Waals surface area (Å²) in [5.74, 6) is -2.02. The Hall–Kier alpha value is -2.83. The molecular formula is C15H18N2O5. The average molecular weight is 306 g/mol. The topological polar surface area (TPSA) is 105 Å². The van der Waals surface area contributed by atoms with Gasteiger partial charge in [-0.15, -0.1) is 0 Å². The third kappa shape index (κ3) is 6.08. The molecule has 0 aliphatic heterocycles. The number of carbonyl (C=O) groups excluding carboxylic acids is 2. The van der Waals surface area contributed by atoms with Crippen LogP contribution in [0.1, 0.15) is 18.1 Å². The van der Waals surface area contributed by atoms with Crippen LogP contribution in [0, 0.1) is 13.8 Å². The normalized spacial score (nSPS) is 11.8. The third-order valence-electron chi connectivity index (χ3n) is 2.56. The van der Waals surface area contributed by atoms with Crippen LogP contribution in [0.15, 0.2) is 30.4 Å². The van der Waals surface area contributed by atoms with E-state index in [-0.39, 0.29) is 0 Å². The van der Waals surface area contributed by atoms with Gasteiger partial charge >= 0.3 is 5.97 Å². The average Bonchev–Trinajstić information content (AvgIpc) is 2.41. The molecule has 0 saturated heterocycles. The van der Waals surface area contributed by atoms with Gasteiger partial charge in [-0.1, -0.05) is 6.07 Å². The minimum Gasteiger partial charge on any atom is -0.481 e. The number of carbonyl (C=O) groups is 3. The van der Waals surface area contributed by atoms with Crippen LogP contribution >= 0.6 is 0 Å². The number of aliphatic carboxylic acids is 1. The van der Waals surface area contributed by atoms with E-state index in [9.17, 15) is 14.4 Å². The Bertz CT molecular complexity index is 590. The number of ether oxygens (including phenoxy) is 1. The number of rotatable bonds is 5. The lowest BCUT2D eigenvalue weighted by Crippen LogP contribution is -2.46. The van der Waals surface area contributed by atoms with Crippen molar-refractivity contribution < 1.29 is 24.2 Å². The molecule has 0 fully saturated rings. The van der Waals surface area contributed by atoms with Gasteiger partial charge in [-0.05, 0) is 44.0 Å². The lowest BCUT2D eigenvalue weighted by Gasteiger charge is -2.15. The van der Waals surface area contributed by atoms with E-state index in [1.807, 2.05) is 19.9 Å². The Morgan fingerprint density at radius 2 is 1.68 bits per heavy atom. The van der Waals surface area contributed by atoms with E-state index in [1.165, 1.54) is 6.92 Å². The van der Waals surface area contributed by atoms with Crippen molar-refractivity contribution in [1.29, 1.82) is 0 Å². The predicted octanol–water partition coefficient (Wildman–Crippen LogP) is 0.859. The molecule has 1 unspecified atom stereocenters. The summed E-state index contributed by atoms with van der Waals surface area (Å²) < 4.78 is 5.49. The Labute approximate surface area is 127 Å². The maximum Gasteiger partial charge on any atom is 0.328 e. The fraction of sp³-hybridized carbons (Fsp3) is 0.267. The highest BCUT2D eigenvalue weighted by atomic mass is 16.5. The molecule has 0 aliphatic carbocycles. The number of nitrogens with one attached hydrogen (secondary N) is 2. The first kappa shape index (κ1) is 17.2. The first-order valence-corrected chi connectivity index (χ1v) is 6.53. The molecule has 0 aliphatic rings. The van der Waals surface area contributed by atoms with Crippen LogP contribution in [0.4, 0.5) is 0 Å². The van der Waals surface area contributed by atoms with E-state index in [4.69, 9.17) is 9.84 Å². The first-order valence-electron chi connectivity index (χ1n) is 6.53. The largest absolute Gasteiger partial charge is 0.481 e. The monoisotopic (exact) mass is 306 g/mol. The van der Waals surface area contributed by atoms with E-state index < -0.39 is 23.9 Å². The molecule has 22 heavy (non-hydrogen) atoms. The van der Waals surface area contributed by atoms with Gasteiger partial charge in [0, 0.05) is 12.2 Å². The van der Waals surface area contributed by atoms with Crippen molar-refractivity contribution in [2.45, 2.75) is 26.9 Å². The summed E-state index contributed by atoms with van der Waals surface area (Å²) in [6.45, 7) is 5.37. The van der Waals surface area contributed by atoms with Gasteiger partial charge in [0.2, 0.25) is 0 Å². The second kappa shape index (κ2) is 7.82.